The van der Waals surface area contributed by atoms with Crippen LogP contribution in [0.1, 0.15) is 22.8 Å². The number of hydrogen-bond acceptors (Lipinski definition) is 4. The van der Waals surface area contributed by atoms with Crippen molar-refractivity contribution in [1.82, 2.24) is 0 Å². The van der Waals surface area contributed by atoms with Crippen molar-refractivity contribution in [2.24, 2.45) is 0 Å². The van der Waals surface area contributed by atoms with Crippen molar-refractivity contribution in [3.05, 3.63) is 74.8 Å². The van der Waals surface area contributed by atoms with Crippen LogP contribution in [-0.4, -0.2) is 16.6 Å². The molecule has 24 heavy (non-hydrogen) atoms. The molecule has 0 fully saturated rings. The predicted octanol–water partition coefficient (Wildman–Crippen LogP) is 4.10. The number of hydrogen-bond donors (Lipinski definition) is 1. The second-order valence-corrected chi connectivity index (χ2v) is 5.33. The lowest BCUT2D eigenvalue weighted by Crippen LogP contribution is -2.06. The molecule has 0 unspecified atom stereocenters. The summed E-state index contributed by atoms with van der Waals surface area (Å²) in [5.74, 6) is -0.525. The number of allylic oxidation sites excluding steroid dienone is 1. The van der Waals surface area contributed by atoms with E-state index in [9.17, 15) is 19.7 Å². The maximum absolute atomic E-state index is 12.2. The summed E-state index contributed by atoms with van der Waals surface area (Å²) >= 11 is 5.74. The van der Waals surface area contributed by atoms with Crippen LogP contribution >= 0.6 is 11.6 Å². The summed E-state index contributed by atoms with van der Waals surface area (Å²) in [7, 11) is 0. The number of ketones is 1. The van der Waals surface area contributed by atoms with E-state index in [0.717, 1.165) is 0 Å². The zero-order chi connectivity index (χ0) is 17.7. The van der Waals surface area contributed by atoms with Gasteiger partial charge in [-0.1, -0.05) is 35.9 Å². The number of nitro benzene ring substituents is 1. The first-order valence-corrected chi connectivity index (χ1v) is 7.28. The first-order chi connectivity index (χ1) is 11.4. The van der Waals surface area contributed by atoms with Crippen LogP contribution in [0.4, 0.5) is 11.4 Å². The van der Waals surface area contributed by atoms with Gasteiger partial charge in [-0.15, -0.1) is 0 Å². The Labute approximate surface area is 142 Å². The normalized spacial score (nSPS) is 10.6. The Kier molecular flexibility index (Phi) is 5.44. The minimum absolute atomic E-state index is 0.0338. The molecule has 0 heterocycles. The number of halogens is 1. The summed E-state index contributed by atoms with van der Waals surface area (Å²) in [6, 6.07) is 10.8. The lowest BCUT2D eigenvalue weighted by Gasteiger charge is -2.03. The molecule has 2 rings (SSSR count). The molecule has 0 saturated carbocycles. The zero-order valence-corrected chi connectivity index (χ0v) is 13.4. The van der Waals surface area contributed by atoms with Crippen molar-refractivity contribution < 1.29 is 14.5 Å². The number of rotatable bonds is 5. The molecule has 2 aromatic carbocycles. The maximum atomic E-state index is 12.2. The SMILES string of the molecule is CC(=O)Nc1cccc(C(=O)/C=C/c2ccc(Cl)c([N+](=O)[O-])c2)c1. The Morgan fingerprint density at radius 3 is 2.62 bits per heavy atom. The van der Waals surface area contributed by atoms with Gasteiger partial charge in [0.05, 0.1) is 4.92 Å². The number of amides is 1. The van der Waals surface area contributed by atoms with Crippen LogP contribution in [0.15, 0.2) is 48.5 Å². The molecule has 0 radical (unpaired) electrons. The number of nitrogens with one attached hydrogen (secondary N) is 1. The number of carbonyl (C=O) groups excluding carboxylic acids is 2. The molecule has 1 N–H and O–H groups in total. The summed E-state index contributed by atoms with van der Waals surface area (Å²) in [5, 5.41) is 13.5. The second-order valence-electron chi connectivity index (χ2n) is 4.93. The van der Waals surface area contributed by atoms with Crippen molar-refractivity contribution in [1.29, 1.82) is 0 Å². The molecule has 1 amide bonds. The number of anilines is 1. The van der Waals surface area contributed by atoms with Crippen LogP contribution < -0.4 is 5.32 Å². The minimum Gasteiger partial charge on any atom is -0.326 e. The highest BCUT2D eigenvalue weighted by atomic mass is 35.5. The third kappa shape index (κ3) is 4.50. The molecule has 0 spiro atoms. The first kappa shape index (κ1) is 17.4. The van der Waals surface area contributed by atoms with Gasteiger partial charge in [0.1, 0.15) is 5.02 Å². The van der Waals surface area contributed by atoms with Gasteiger partial charge in [0.15, 0.2) is 5.78 Å². The highest BCUT2D eigenvalue weighted by Crippen LogP contribution is 2.25. The Hall–Kier alpha value is -2.99. The van der Waals surface area contributed by atoms with Gasteiger partial charge < -0.3 is 5.32 Å². The average Bonchev–Trinajstić information content (AvgIpc) is 2.53. The number of nitro groups is 1. The summed E-state index contributed by atoms with van der Waals surface area (Å²) in [4.78, 5) is 33.5. The Morgan fingerprint density at radius 1 is 1.21 bits per heavy atom. The zero-order valence-electron chi connectivity index (χ0n) is 12.7. The molecule has 0 aliphatic heterocycles. The lowest BCUT2D eigenvalue weighted by molar-refractivity contribution is -0.384. The summed E-state index contributed by atoms with van der Waals surface area (Å²) in [5.41, 5.74) is 1.17. The number of nitrogens with zero attached hydrogens (tertiary/aromatic N) is 1. The van der Waals surface area contributed by atoms with Gasteiger partial charge in [0, 0.05) is 24.2 Å². The molecule has 2 aromatic rings. The molecule has 7 heteroatoms. The van der Waals surface area contributed by atoms with E-state index in [1.165, 1.54) is 31.2 Å². The first-order valence-electron chi connectivity index (χ1n) is 6.91. The third-order valence-corrected chi connectivity index (χ3v) is 3.38. The minimum atomic E-state index is -0.585. The fourth-order valence-electron chi connectivity index (χ4n) is 1.99. The third-order valence-electron chi connectivity index (χ3n) is 3.06. The highest BCUT2D eigenvalue weighted by Gasteiger charge is 2.12. The van der Waals surface area contributed by atoms with Gasteiger partial charge in [0.25, 0.3) is 5.69 Å². The van der Waals surface area contributed by atoms with Crippen LogP contribution in [0.3, 0.4) is 0 Å². The van der Waals surface area contributed by atoms with Gasteiger partial charge >= 0.3 is 0 Å². The van der Waals surface area contributed by atoms with E-state index in [1.807, 2.05) is 0 Å². The predicted molar refractivity (Wildman–Crippen MR) is 92.2 cm³/mol. The van der Waals surface area contributed by atoms with E-state index in [0.29, 0.717) is 16.8 Å². The molecular weight excluding hydrogens is 332 g/mol. The van der Waals surface area contributed by atoms with E-state index < -0.39 is 4.92 Å². The van der Waals surface area contributed by atoms with Crippen LogP contribution in [0.25, 0.3) is 6.08 Å². The fraction of sp³-hybridized carbons (Fsp3) is 0.0588. The molecular formula is C17H13ClN2O4. The maximum Gasteiger partial charge on any atom is 0.288 e. The molecule has 0 bridgehead atoms. The quantitative estimate of drug-likeness (QED) is 0.382. The van der Waals surface area contributed by atoms with Gasteiger partial charge in [-0.25, -0.2) is 0 Å². The molecule has 6 nitrogen and oxygen atoms in total. The van der Waals surface area contributed by atoms with Crippen molar-refractivity contribution >= 4 is 40.7 Å². The number of benzene rings is 2. The summed E-state index contributed by atoms with van der Waals surface area (Å²) in [6.07, 6.45) is 2.77. The Balaban J connectivity index is 2.20. The van der Waals surface area contributed by atoms with Crippen molar-refractivity contribution in [3.8, 4) is 0 Å². The van der Waals surface area contributed by atoms with Crippen LogP contribution in [0.5, 0.6) is 0 Å². The molecule has 0 aliphatic rings. The van der Waals surface area contributed by atoms with Crippen molar-refractivity contribution in [3.63, 3.8) is 0 Å². The Bertz CT molecular complexity index is 846. The smallest absolute Gasteiger partial charge is 0.288 e. The van der Waals surface area contributed by atoms with E-state index in [2.05, 4.69) is 5.32 Å². The topological polar surface area (TPSA) is 89.3 Å². The molecule has 0 saturated heterocycles. The van der Waals surface area contributed by atoms with Crippen LogP contribution in [0.2, 0.25) is 5.02 Å². The van der Waals surface area contributed by atoms with Gasteiger partial charge in [0.2, 0.25) is 5.91 Å². The summed E-state index contributed by atoms with van der Waals surface area (Å²) in [6.45, 7) is 1.38. The largest absolute Gasteiger partial charge is 0.326 e. The average molecular weight is 345 g/mol. The fourth-order valence-corrected chi connectivity index (χ4v) is 2.18. The van der Waals surface area contributed by atoms with E-state index in [4.69, 9.17) is 11.6 Å². The van der Waals surface area contributed by atoms with Crippen molar-refractivity contribution in [2.75, 3.05) is 5.32 Å². The second kappa shape index (κ2) is 7.52. The van der Waals surface area contributed by atoms with E-state index in [-0.39, 0.29) is 22.4 Å². The Morgan fingerprint density at radius 2 is 1.96 bits per heavy atom. The van der Waals surface area contributed by atoms with Crippen LogP contribution in [0, 0.1) is 10.1 Å². The van der Waals surface area contributed by atoms with Gasteiger partial charge in [-0.2, -0.15) is 0 Å². The molecule has 122 valence electrons. The van der Waals surface area contributed by atoms with Gasteiger partial charge in [-0.05, 0) is 29.8 Å². The lowest BCUT2D eigenvalue weighted by atomic mass is 10.1. The molecule has 0 aliphatic carbocycles. The summed E-state index contributed by atoms with van der Waals surface area (Å²) < 4.78 is 0. The van der Waals surface area contributed by atoms with E-state index >= 15 is 0 Å². The van der Waals surface area contributed by atoms with Gasteiger partial charge in [-0.3, -0.25) is 19.7 Å². The number of carbonyl (C=O) groups is 2. The van der Waals surface area contributed by atoms with Crippen LogP contribution in [-0.2, 0) is 4.79 Å². The molecule has 0 atom stereocenters. The van der Waals surface area contributed by atoms with Crippen molar-refractivity contribution in [2.45, 2.75) is 6.92 Å². The monoisotopic (exact) mass is 344 g/mol. The van der Waals surface area contributed by atoms with E-state index in [1.54, 1.807) is 30.3 Å². The molecule has 0 aromatic heterocycles. The standard InChI is InChI=1S/C17H13ClN2O4/c1-11(21)19-14-4-2-3-13(10-14)17(22)8-6-12-5-7-15(18)16(9-12)20(23)24/h2-10H,1H3,(H,19,21)/b8-6+. The highest BCUT2D eigenvalue weighted by molar-refractivity contribution is 6.32.